The van der Waals surface area contributed by atoms with Crippen LogP contribution < -0.4 is 4.74 Å². The van der Waals surface area contributed by atoms with E-state index < -0.39 is 6.10 Å². The van der Waals surface area contributed by atoms with Crippen LogP contribution in [0, 0.1) is 0 Å². The van der Waals surface area contributed by atoms with Gasteiger partial charge in [0.1, 0.15) is 25.1 Å². The minimum absolute atomic E-state index is 0.00868. The van der Waals surface area contributed by atoms with Gasteiger partial charge >= 0.3 is 0 Å². The number of ether oxygens (including phenoxy) is 2. The molecule has 1 N–H and O–H groups in total. The Hall–Kier alpha value is -1.81. The number of aliphatic hydroxyl groups excluding tert-OH is 1. The average molecular weight is 236 g/mol. The zero-order chi connectivity index (χ0) is 12.7. The van der Waals surface area contributed by atoms with Crippen LogP contribution in [0.5, 0.6) is 5.75 Å². The van der Waals surface area contributed by atoms with Crippen LogP contribution in [-0.2, 0) is 9.53 Å². The maximum absolute atomic E-state index is 10.8. The van der Waals surface area contributed by atoms with Gasteiger partial charge in [-0.3, -0.25) is 4.79 Å². The highest BCUT2D eigenvalue weighted by atomic mass is 16.5. The summed E-state index contributed by atoms with van der Waals surface area (Å²) in [6.45, 7) is 4.87. The van der Waals surface area contributed by atoms with Gasteiger partial charge in [-0.05, 0) is 12.1 Å². The molecule has 1 atom stereocenters. The molecule has 0 amide bonds. The van der Waals surface area contributed by atoms with Crippen LogP contribution in [0.2, 0.25) is 0 Å². The topological polar surface area (TPSA) is 55.8 Å². The maximum atomic E-state index is 10.8. The predicted molar refractivity (Wildman–Crippen MR) is 63.7 cm³/mol. The van der Waals surface area contributed by atoms with Crippen LogP contribution in [0.4, 0.5) is 0 Å². The molecule has 0 saturated carbocycles. The zero-order valence-electron chi connectivity index (χ0n) is 9.76. The summed E-state index contributed by atoms with van der Waals surface area (Å²) < 4.78 is 10.3. The summed E-state index contributed by atoms with van der Waals surface area (Å²) in [6.07, 6.45) is -0.800. The molecule has 0 saturated heterocycles. The molecular formula is C13H16O4. The molecule has 0 heterocycles. The van der Waals surface area contributed by atoms with Crippen molar-refractivity contribution < 1.29 is 19.4 Å². The van der Waals surface area contributed by atoms with E-state index in [2.05, 4.69) is 6.58 Å². The molecular weight excluding hydrogens is 220 g/mol. The van der Waals surface area contributed by atoms with Gasteiger partial charge in [0.05, 0.1) is 0 Å². The second-order valence-corrected chi connectivity index (χ2v) is 3.57. The number of hydrogen-bond donors (Lipinski definition) is 1. The first-order valence-electron chi connectivity index (χ1n) is 5.28. The average Bonchev–Trinajstić information content (AvgIpc) is 2.34. The van der Waals surface area contributed by atoms with E-state index in [0.29, 0.717) is 5.75 Å². The van der Waals surface area contributed by atoms with Crippen molar-refractivity contribution in [2.24, 2.45) is 0 Å². The summed E-state index contributed by atoms with van der Waals surface area (Å²) in [6, 6.07) is 9.15. The lowest BCUT2D eigenvalue weighted by Gasteiger charge is -2.13. The van der Waals surface area contributed by atoms with Gasteiger partial charge in [-0.15, -0.1) is 0 Å². The number of hydrogen-bond acceptors (Lipinski definition) is 4. The summed E-state index contributed by atoms with van der Waals surface area (Å²) >= 11 is 0. The highest BCUT2D eigenvalue weighted by Crippen LogP contribution is 2.08. The quantitative estimate of drug-likeness (QED) is 0.576. The van der Waals surface area contributed by atoms with Crippen LogP contribution in [0.25, 0.3) is 0 Å². The first-order chi connectivity index (χ1) is 8.09. The van der Waals surface area contributed by atoms with Crippen LogP contribution >= 0.6 is 0 Å². The van der Waals surface area contributed by atoms with Crippen molar-refractivity contribution in [2.45, 2.75) is 13.0 Å². The number of allylic oxidation sites excluding steroid dienone is 1. The molecule has 0 radical (unpaired) electrons. The lowest BCUT2D eigenvalue weighted by atomic mass is 10.3. The highest BCUT2D eigenvalue weighted by molar-refractivity contribution is 5.90. The van der Waals surface area contributed by atoms with Crippen molar-refractivity contribution in [2.75, 3.05) is 13.2 Å². The van der Waals surface area contributed by atoms with Crippen LogP contribution in [0.3, 0.4) is 0 Å². The van der Waals surface area contributed by atoms with Gasteiger partial charge in [0.15, 0.2) is 11.5 Å². The fourth-order valence-corrected chi connectivity index (χ4v) is 1.06. The van der Waals surface area contributed by atoms with E-state index in [-0.39, 0.29) is 24.8 Å². The molecule has 0 aliphatic heterocycles. The second kappa shape index (κ2) is 6.70. The number of carbonyl (C=O) groups is 1. The highest BCUT2D eigenvalue weighted by Gasteiger charge is 2.08. The lowest BCUT2D eigenvalue weighted by molar-refractivity contribution is -0.117. The van der Waals surface area contributed by atoms with E-state index in [1.54, 1.807) is 12.1 Å². The number of rotatable bonds is 7. The van der Waals surface area contributed by atoms with Crippen molar-refractivity contribution >= 4 is 5.78 Å². The minimum Gasteiger partial charge on any atom is -0.491 e. The normalized spacial score (nSPS) is 11.6. The van der Waals surface area contributed by atoms with Crippen LogP contribution in [0.1, 0.15) is 6.92 Å². The van der Waals surface area contributed by atoms with Crippen molar-refractivity contribution in [3.05, 3.63) is 42.7 Å². The van der Waals surface area contributed by atoms with Crippen LogP contribution in [0.15, 0.2) is 42.7 Å². The number of para-hydroxylation sites is 1. The van der Waals surface area contributed by atoms with E-state index in [1.807, 2.05) is 18.2 Å². The molecule has 0 unspecified atom stereocenters. The summed E-state index contributed by atoms with van der Waals surface area (Å²) in [4.78, 5) is 10.8. The molecule has 4 nitrogen and oxygen atoms in total. The van der Waals surface area contributed by atoms with Gasteiger partial charge in [0.2, 0.25) is 0 Å². The third-order valence-electron chi connectivity index (χ3n) is 2.03. The number of benzene rings is 1. The maximum Gasteiger partial charge on any atom is 0.193 e. The predicted octanol–water partition coefficient (Wildman–Crippen LogP) is 1.55. The summed E-state index contributed by atoms with van der Waals surface area (Å²) in [5.41, 5.74) is 0. The Labute approximate surface area is 100 Å². The standard InChI is InChI=1S/C13H16O4/c1-10(14)11(2)16-8-12(15)9-17-13-6-4-3-5-7-13/h3-7,12,15H,2,8-9H2,1H3/t12-/m1/s1. The van der Waals surface area contributed by atoms with Crippen molar-refractivity contribution in [1.82, 2.24) is 0 Å². The Morgan fingerprint density at radius 2 is 2.00 bits per heavy atom. The van der Waals surface area contributed by atoms with E-state index in [0.717, 1.165) is 0 Å². The SMILES string of the molecule is C=C(OC[C@@H](O)COc1ccccc1)C(C)=O. The Bertz CT molecular complexity index is 372. The molecule has 0 spiro atoms. The number of aliphatic hydroxyl groups is 1. The van der Waals surface area contributed by atoms with E-state index in [1.165, 1.54) is 6.92 Å². The van der Waals surface area contributed by atoms with Crippen LogP contribution in [-0.4, -0.2) is 30.2 Å². The third kappa shape index (κ3) is 5.17. The molecule has 1 aromatic carbocycles. The smallest absolute Gasteiger partial charge is 0.193 e. The first-order valence-corrected chi connectivity index (χ1v) is 5.28. The summed E-state index contributed by atoms with van der Waals surface area (Å²) in [7, 11) is 0. The fraction of sp³-hybridized carbons (Fsp3) is 0.308. The largest absolute Gasteiger partial charge is 0.491 e. The monoisotopic (exact) mass is 236 g/mol. The number of carbonyl (C=O) groups excluding carboxylic acids is 1. The molecule has 17 heavy (non-hydrogen) atoms. The Morgan fingerprint density at radius 3 is 2.59 bits per heavy atom. The summed E-state index contributed by atoms with van der Waals surface area (Å²) in [5.74, 6) is 0.474. The minimum atomic E-state index is -0.800. The molecule has 1 aromatic rings. The third-order valence-corrected chi connectivity index (χ3v) is 2.03. The number of Topliss-reactive ketones (excluding diaryl/α,β-unsaturated/α-hetero) is 1. The molecule has 0 aliphatic rings. The van der Waals surface area contributed by atoms with Crippen molar-refractivity contribution in [1.29, 1.82) is 0 Å². The molecule has 0 aromatic heterocycles. The number of ketones is 1. The first kappa shape index (κ1) is 13.3. The second-order valence-electron chi connectivity index (χ2n) is 3.57. The van der Waals surface area contributed by atoms with Crippen molar-refractivity contribution in [3.8, 4) is 5.75 Å². The van der Waals surface area contributed by atoms with E-state index in [9.17, 15) is 9.90 Å². The Kier molecular flexibility index (Phi) is 5.23. The van der Waals surface area contributed by atoms with E-state index >= 15 is 0 Å². The Morgan fingerprint density at radius 1 is 1.35 bits per heavy atom. The molecule has 0 bridgehead atoms. The van der Waals surface area contributed by atoms with E-state index in [4.69, 9.17) is 9.47 Å². The summed E-state index contributed by atoms with van der Waals surface area (Å²) in [5, 5.41) is 9.54. The van der Waals surface area contributed by atoms with Gasteiger partial charge in [-0.1, -0.05) is 24.8 Å². The fourth-order valence-electron chi connectivity index (χ4n) is 1.06. The molecule has 0 fully saturated rings. The van der Waals surface area contributed by atoms with Gasteiger partial charge < -0.3 is 14.6 Å². The zero-order valence-corrected chi connectivity index (χ0v) is 9.76. The van der Waals surface area contributed by atoms with Gasteiger partial charge in [-0.2, -0.15) is 0 Å². The van der Waals surface area contributed by atoms with Gasteiger partial charge in [0.25, 0.3) is 0 Å². The lowest BCUT2D eigenvalue weighted by Crippen LogP contribution is -2.24. The Balaban J connectivity index is 2.24. The molecule has 92 valence electrons. The molecule has 1 rings (SSSR count). The van der Waals surface area contributed by atoms with Gasteiger partial charge in [0, 0.05) is 6.92 Å². The molecule has 0 aliphatic carbocycles. The van der Waals surface area contributed by atoms with Gasteiger partial charge in [-0.25, -0.2) is 0 Å². The molecule has 4 heteroatoms. The van der Waals surface area contributed by atoms with Crippen molar-refractivity contribution in [3.63, 3.8) is 0 Å².